The van der Waals surface area contributed by atoms with Crippen molar-refractivity contribution in [1.82, 2.24) is 30.7 Å². The molecule has 5 aliphatic rings. The van der Waals surface area contributed by atoms with Crippen molar-refractivity contribution in [3.8, 4) is 0 Å². The lowest BCUT2D eigenvalue weighted by atomic mass is 9.89. The minimum absolute atomic E-state index is 0.0890. The van der Waals surface area contributed by atoms with E-state index in [2.05, 4.69) is 42.3 Å². The average molecular weight is 533 g/mol. The molecule has 2 amide bonds. The van der Waals surface area contributed by atoms with Crippen molar-refractivity contribution in [1.29, 1.82) is 0 Å². The zero-order valence-corrected chi connectivity index (χ0v) is 21.1. The van der Waals surface area contributed by atoms with Gasteiger partial charge in [0, 0.05) is 13.1 Å². The normalized spacial score (nSPS) is 34.6. The summed E-state index contributed by atoms with van der Waals surface area (Å²) in [5, 5.41) is 30.1. The highest BCUT2D eigenvalue weighted by Gasteiger charge is 2.63. The summed E-state index contributed by atoms with van der Waals surface area (Å²) in [4.78, 5) is 28.0. The van der Waals surface area contributed by atoms with E-state index < -0.39 is 30.0 Å². The zero-order valence-electron chi connectivity index (χ0n) is 21.1. The molecule has 5 rings (SSSR count). The van der Waals surface area contributed by atoms with Gasteiger partial charge in [-0.05, 0) is 12.8 Å². The number of amides is 2. The van der Waals surface area contributed by atoms with Crippen LogP contribution in [0, 0.1) is 0 Å². The molecule has 0 radical (unpaired) electrons. The monoisotopic (exact) mass is 532 g/mol. The molecule has 5 aliphatic heterocycles. The smallest absolute Gasteiger partial charge is 0.415 e. The van der Waals surface area contributed by atoms with E-state index in [1.807, 2.05) is 12.2 Å². The van der Waals surface area contributed by atoms with Gasteiger partial charge in [0.1, 0.15) is 43.0 Å². The maximum absolute atomic E-state index is 11.8. The minimum atomic E-state index is -1.59. The van der Waals surface area contributed by atoms with E-state index in [4.69, 9.17) is 20.9 Å². The number of rotatable bonds is 4. The van der Waals surface area contributed by atoms with Crippen molar-refractivity contribution < 1.29 is 29.3 Å². The summed E-state index contributed by atoms with van der Waals surface area (Å²) >= 11 is 0. The van der Waals surface area contributed by atoms with Gasteiger partial charge in [0.05, 0.1) is 23.7 Å². The molecule has 0 aromatic heterocycles. The predicted octanol–water partition coefficient (Wildman–Crippen LogP) is -1.35. The molecule has 14 nitrogen and oxygen atoms in total. The number of nitrogens with two attached hydrogens (primary N) is 2. The van der Waals surface area contributed by atoms with Crippen molar-refractivity contribution in [3.63, 3.8) is 0 Å². The number of aliphatic hydroxyl groups is 2. The van der Waals surface area contributed by atoms with E-state index >= 15 is 0 Å². The van der Waals surface area contributed by atoms with Crippen LogP contribution in [-0.4, -0.2) is 99.4 Å². The Morgan fingerprint density at radius 2 is 1.71 bits per heavy atom. The predicted molar refractivity (Wildman–Crippen MR) is 137 cm³/mol. The lowest BCUT2D eigenvalue weighted by molar-refractivity contribution is -0.181. The van der Waals surface area contributed by atoms with Crippen molar-refractivity contribution in [2.75, 3.05) is 26.3 Å². The highest BCUT2D eigenvalue weighted by atomic mass is 16.6. The number of nitrogens with one attached hydrogen (secondary N) is 3. The van der Waals surface area contributed by atoms with Crippen LogP contribution in [0.15, 0.2) is 61.8 Å². The van der Waals surface area contributed by atoms with Crippen LogP contribution >= 0.6 is 0 Å². The Kier molecular flexibility index (Phi) is 7.37. The third kappa shape index (κ3) is 4.67. The van der Waals surface area contributed by atoms with Crippen LogP contribution in [0.1, 0.15) is 12.8 Å². The van der Waals surface area contributed by atoms with E-state index in [1.165, 1.54) is 14.7 Å². The number of nitrogens with zero attached hydrogens (tertiary/aromatic N) is 3. The highest BCUT2D eigenvalue weighted by Crippen LogP contribution is 2.43. The number of fused-ring (bicyclic) bond motifs is 3. The Bertz CT molecular complexity index is 1060. The molecule has 4 fully saturated rings. The number of hydrogen-bond donors (Lipinski definition) is 7. The third-order valence-electron chi connectivity index (χ3n) is 7.17. The molecule has 38 heavy (non-hydrogen) atoms. The second-order valence-corrected chi connectivity index (χ2v) is 9.62. The van der Waals surface area contributed by atoms with E-state index in [0.717, 1.165) is 13.0 Å². The second kappa shape index (κ2) is 10.4. The molecule has 9 N–H and O–H groups in total. The van der Waals surface area contributed by atoms with Crippen molar-refractivity contribution in [2.45, 2.75) is 48.8 Å². The largest absolute Gasteiger partial charge is 0.447 e. The maximum Gasteiger partial charge on any atom is 0.415 e. The Labute approximate surface area is 220 Å². The van der Waals surface area contributed by atoms with Crippen LogP contribution in [0.2, 0.25) is 0 Å². The first-order valence-corrected chi connectivity index (χ1v) is 12.3. The number of carbonyl (C=O) groups is 2. The van der Waals surface area contributed by atoms with Crippen LogP contribution in [0.3, 0.4) is 0 Å². The molecule has 4 saturated heterocycles. The summed E-state index contributed by atoms with van der Waals surface area (Å²) in [6, 6.07) is -1.52. The van der Waals surface area contributed by atoms with Crippen LogP contribution in [0.5, 0.6) is 0 Å². The Morgan fingerprint density at radius 1 is 1.08 bits per heavy atom. The number of cyclic esters (lactones) is 2. The molecule has 6 atom stereocenters. The molecule has 0 saturated carbocycles. The standard InChI is InChI=1S/C12H18N4O4.C12H18N4O2/c1-6(13)14-10-8-5-20-11(18)16(8)7(2)15-4-3-9(17)12(10,15)19;1-8(13)15-10-5-3-4-6-14-9(2)16-11(10)7-18-12(16)17/h8-10,14,17,19H,1-5,13H2;3,5,10-11,14-15H,1-2,4,6-7,13H2/b;5-3-/t8?,9-,10-,12-;10-,11?/m01/s1. The number of ether oxygens (including phenoxy) is 2. The summed E-state index contributed by atoms with van der Waals surface area (Å²) in [6.07, 6.45) is 3.36. The van der Waals surface area contributed by atoms with Gasteiger partial charge in [-0.1, -0.05) is 38.5 Å². The van der Waals surface area contributed by atoms with Gasteiger partial charge >= 0.3 is 12.2 Å². The molecular formula is C24H36N8O6. The Balaban J connectivity index is 0.000000178. The summed E-state index contributed by atoms with van der Waals surface area (Å²) in [5.74, 6) is 1.40. The topological polar surface area (TPSA) is 191 Å². The molecule has 5 heterocycles. The van der Waals surface area contributed by atoms with Gasteiger partial charge in [0.25, 0.3) is 0 Å². The fraction of sp³-hybridized carbons (Fsp3) is 0.500. The van der Waals surface area contributed by atoms with Gasteiger partial charge in [-0.15, -0.1) is 0 Å². The first kappa shape index (κ1) is 27.0. The van der Waals surface area contributed by atoms with Crippen molar-refractivity contribution in [2.24, 2.45) is 11.5 Å². The molecular weight excluding hydrogens is 496 g/mol. The van der Waals surface area contributed by atoms with E-state index in [-0.39, 0.29) is 30.6 Å². The van der Waals surface area contributed by atoms with Crippen LogP contribution in [0.25, 0.3) is 0 Å². The van der Waals surface area contributed by atoms with E-state index in [1.54, 1.807) is 0 Å². The molecule has 0 spiro atoms. The van der Waals surface area contributed by atoms with Gasteiger partial charge in [0.15, 0.2) is 5.72 Å². The molecule has 0 aromatic carbocycles. The third-order valence-corrected chi connectivity index (χ3v) is 7.17. The lowest BCUT2D eigenvalue weighted by Crippen LogP contribution is -2.74. The van der Waals surface area contributed by atoms with Gasteiger partial charge in [0.2, 0.25) is 0 Å². The quantitative estimate of drug-likeness (QED) is 0.211. The molecule has 2 unspecified atom stereocenters. The van der Waals surface area contributed by atoms with Gasteiger partial charge in [-0.2, -0.15) is 0 Å². The average Bonchev–Trinajstić information content (AvgIpc) is 3.52. The van der Waals surface area contributed by atoms with Crippen molar-refractivity contribution >= 4 is 12.2 Å². The Hall–Kier alpha value is -4.04. The zero-order chi connectivity index (χ0) is 27.8. The summed E-state index contributed by atoms with van der Waals surface area (Å²) in [5.41, 5.74) is 9.57. The minimum Gasteiger partial charge on any atom is -0.447 e. The molecule has 0 aromatic rings. The van der Waals surface area contributed by atoms with E-state index in [0.29, 0.717) is 37.0 Å². The van der Waals surface area contributed by atoms with Gasteiger partial charge in [-0.3, -0.25) is 9.80 Å². The SMILES string of the molecule is C=C(N)N[C@@H]1/C=C\CCNC(=C)N2C(=O)OCC12.C=C(N)N[C@H]1C2COC(=O)N2C(=C)N2CC[C@H](O)[C@]12O. The van der Waals surface area contributed by atoms with Crippen LogP contribution in [-0.2, 0) is 9.47 Å². The van der Waals surface area contributed by atoms with Gasteiger partial charge in [-0.25, -0.2) is 9.59 Å². The molecule has 0 bridgehead atoms. The lowest BCUT2D eigenvalue weighted by Gasteiger charge is -2.52. The summed E-state index contributed by atoms with van der Waals surface area (Å²) in [6.45, 7) is 16.4. The first-order chi connectivity index (χ1) is 18.0. The number of aliphatic hydroxyl groups excluding tert-OH is 1. The summed E-state index contributed by atoms with van der Waals surface area (Å²) in [7, 11) is 0. The first-order valence-electron chi connectivity index (χ1n) is 12.3. The number of carbonyl (C=O) groups excluding carboxylic acids is 2. The molecule has 208 valence electrons. The van der Waals surface area contributed by atoms with Gasteiger partial charge < -0.3 is 52.0 Å². The summed E-state index contributed by atoms with van der Waals surface area (Å²) < 4.78 is 10.1. The Morgan fingerprint density at radius 3 is 2.37 bits per heavy atom. The van der Waals surface area contributed by atoms with Crippen LogP contribution in [0.4, 0.5) is 9.59 Å². The fourth-order valence-corrected chi connectivity index (χ4v) is 5.45. The number of hydrogen-bond acceptors (Lipinski definition) is 12. The molecule has 14 heteroatoms. The maximum atomic E-state index is 11.8. The highest BCUT2D eigenvalue weighted by molar-refractivity contribution is 5.73. The van der Waals surface area contributed by atoms with Crippen LogP contribution < -0.4 is 27.4 Å². The van der Waals surface area contributed by atoms with Crippen molar-refractivity contribution in [3.05, 3.63) is 61.8 Å². The molecule has 0 aliphatic carbocycles. The van der Waals surface area contributed by atoms with E-state index in [9.17, 15) is 19.8 Å². The second-order valence-electron chi connectivity index (χ2n) is 9.62. The fourth-order valence-electron chi connectivity index (χ4n) is 5.45.